The molecule has 1 saturated heterocycles. The van der Waals surface area contributed by atoms with Crippen molar-refractivity contribution in [3.8, 4) is 0 Å². The summed E-state index contributed by atoms with van der Waals surface area (Å²) in [6.07, 6.45) is 1.06. The third-order valence-corrected chi connectivity index (χ3v) is 19.4. The fourth-order valence-electron chi connectivity index (χ4n) is 15.1. The van der Waals surface area contributed by atoms with Crippen LogP contribution in [-0.2, 0) is 50.6 Å². The van der Waals surface area contributed by atoms with E-state index in [-0.39, 0.29) is 83.3 Å². The van der Waals surface area contributed by atoms with Gasteiger partial charge in [-0.15, -0.1) is 0 Å². The zero-order chi connectivity index (χ0) is 49.5. The van der Waals surface area contributed by atoms with Crippen molar-refractivity contribution in [2.45, 2.75) is 157 Å². The van der Waals surface area contributed by atoms with Gasteiger partial charge >= 0.3 is 25.9 Å². The molecule has 1 aromatic rings. The van der Waals surface area contributed by atoms with E-state index in [2.05, 4.69) is 54.9 Å². The predicted molar refractivity (Wildman–Crippen MR) is 232 cm³/mol. The van der Waals surface area contributed by atoms with Gasteiger partial charge < -0.3 is 35.0 Å². The number of ether oxygens (including phenoxy) is 2. The van der Waals surface area contributed by atoms with E-state index in [0.717, 1.165) is 37.7 Å². The molecule has 6 fully saturated rings. The van der Waals surface area contributed by atoms with E-state index < -0.39 is 78.2 Å². The summed E-state index contributed by atoms with van der Waals surface area (Å²) in [5, 5.41) is 18.7. The van der Waals surface area contributed by atoms with Gasteiger partial charge in [0.25, 0.3) is 11.8 Å². The molecule has 0 unspecified atom stereocenters. The number of fused-ring (bicyclic) bond motifs is 7. The number of nitrogens with one attached hydrogen (secondary N) is 2. The number of aliphatic carboxylic acids is 1. The number of allylic oxidation sites excluding steroid dienone is 1. The van der Waals surface area contributed by atoms with Crippen LogP contribution in [0.3, 0.4) is 0 Å². The van der Waals surface area contributed by atoms with Crippen LogP contribution >= 0.6 is 7.82 Å². The quantitative estimate of drug-likeness (QED) is 0.111. The first-order chi connectivity index (χ1) is 30.8. The Balaban J connectivity index is 1.04. The van der Waals surface area contributed by atoms with Crippen LogP contribution in [0.15, 0.2) is 17.2 Å². The van der Waals surface area contributed by atoms with Crippen molar-refractivity contribution in [2.24, 2.45) is 62.6 Å². The normalized spacial score (nSPS) is 37.2. The molecule has 372 valence electrons. The van der Waals surface area contributed by atoms with Crippen LogP contribution in [0.5, 0.6) is 0 Å². The Morgan fingerprint density at radius 3 is 2.15 bits per heavy atom. The van der Waals surface area contributed by atoms with E-state index in [1.165, 1.54) is 0 Å². The summed E-state index contributed by atoms with van der Waals surface area (Å²) in [5.41, 5.74) is -5.14. The van der Waals surface area contributed by atoms with Crippen molar-refractivity contribution < 1.29 is 70.6 Å². The number of Topliss-reactive ketones (excluding diaryl/α,β-unsaturated/α-hetero) is 1. The van der Waals surface area contributed by atoms with E-state index in [1.54, 1.807) is 0 Å². The smallest absolute Gasteiger partial charge is 0.471 e. The van der Waals surface area contributed by atoms with Gasteiger partial charge in [0.1, 0.15) is 11.8 Å². The Labute approximate surface area is 388 Å². The Morgan fingerprint density at radius 2 is 1.58 bits per heavy atom. The monoisotopic (exact) mass is 966 g/mol. The molecule has 6 aliphatic carbocycles. The molecule has 0 aromatic carbocycles. The van der Waals surface area contributed by atoms with Crippen LogP contribution in [0.4, 0.5) is 13.2 Å². The third kappa shape index (κ3) is 7.65. The number of hydrogen-bond acceptors (Lipinski definition) is 10. The van der Waals surface area contributed by atoms with Gasteiger partial charge in [0, 0.05) is 17.9 Å². The lowest BCUT2D eigenvalue weighted by Gasteiger charge is -2.72. The molecule has 10 atom stereocenters. The fraction of sp³-hybridized carbons (Fsp3) is 0.787. The molecule has 7 aliphatic rings. The van der Waals surface area contributed by atoms with E-state index in [4.69, 9.17) is 9.47 Å². The van der Waals surface area contributed by atoms with Crippen molar-refractivity contribution in [1.29, 1.82) is 0 Å². The number of hydrogen-bond donors (Lipinski definition) is 5. The minimum absolute atomic E-state index is 0.0176. The standard InChI is InChI=1S/C47H66F3N4O12P/c1-24(2)34-29(55)20-45(52-39(60)46(21-64-22-46)51-36(56)28-19-32(47(48,49)50)53-54(28)23-65-67(61,62)63)17-16-43(8)25(35(34)45)10-11-31-42(7)14-13-33(41(5,6)30(42)12-15-44(31,43)9)66-38(59)27-18-26(37(57)58)40(27,3)4/h19,24-27,30-31,33H,10-18,20-23H2,1-9H3,(H,51,56)(H,52,60)(H,57,58)(H2,61,62,63)/t25-,26+,27-,30+,31-,33+,42+,43-,44-,45-/m1/s1. The van der Waals surface area contributed by atoms with Crippen molar-refractivity contribution >= 4 is 37.4 Å². The Hall–Kier alpha value is -3.64. The number of carbonyl (C=O) groups is 5. The summed E-state index contributed by atoms with van der Waals surface area (Å²) in [6.45, 7) is 17.4. The number of phosphoric acid groups is 1. The Kier molecular flexibility index (Phi) is 11.8. The van der Waals surface area contributed by atoms with Crippen LogP contribution in [0.1, 0.15) is 143 Å². The molecule has 5 N–H and O–H groups in total. The minimum Gasteiger partial charge on any atom is -0.481 e. The molecule has 1 aromatic heterocycles. The highest BCUT2D eigenvalue weighted by Crippen LogP contribution is 2.76. The molecule has 67 heavy (non-hydrogen) atoms. The topological polar surface area (TPSA) is 233 Å². The molecule has 0 spiro atoms. The Bertz CT molecular complexity index is 2350. The number of phosphoric ester groups is 1. The largest absolute Gasteiger partial charge is 0.481 e. The number of alkyl halides is 3. The molecule has 2 amide bonds. The molecule has 8 rings (SSSR count). The lowest BCUT2D eigenvalue weighted by Crippen LogP contribution is -2.73. The van der Waals surface area contributed by atoms with Gasteiger partial charge in [0.15, 0.2) is 23.7 Å². The van der Waals surface area contributed by atoms with Crippen molar-refractivity contribution in [2.75, 3.05) is 13.2 Å². The van der Waals surface area contributed by atoms with E-state index in [1.807, 2.05) is 27.7 Å². The van der Waals surface area contributed by atoms with Gasteiger partial charge in [-0.1, -0.05) is 62.3 Å². The molecular formula is C47H66F3N4O12P. The van der Waals surface area contributed by atoms with Crippen molar-refractivity contribution in [3.63, 3.8) is 0 Å². The maximum absolute atomic E-state index is 14.7. The Morgan fingerprint density at radius 1 is 0.910 bits per heavy atom. The SMILES string of the molecule is CC(C)C1=C2[C@H]3CC[C@@H]4[C@@]5(C)CC[C@H](OC(=O)[C@H]6C[C@@H](C(=O)O)C6(C)C)C(C)(C)[C@@H]5CC[C@@]4(C)[C@]3(C)CC[C@@]2(NC(=O)C2(NC(=O)c3cc(C(F)(F)F)nn3COP(=O)(O)O)COC2)CC1=O. The van der Waals surface area contributed by atoms with Crippen molar-refractivity contribution in [3.05, 3.63) is 28.6 Å². The number of halogens is 3. The molecule has 2 heterocycles. The van der Waals surface area contributed by atoms with Gasteiger partial charge in [-0.2, -0.15) is 18.3 Å². The molecule has 1 aliphatic heterocycles. The number of esters is 1. The summed E-state index contributed by atoms with van der Waals surface area (Å²) in [6, 6.07) is 0.401. The van der Waals surface area contributed by atoms with E-state index >= 15 is 0 Å². The van der Waals surface area contributed by atoms with Crippen molar-refractivity contribution in [1.82, 2.24) is 20.4 Å². The second-order valence-corrected chi connectivity index (χ2v) is 24.4. The number of amides is 2. The maximum Gasteiger partial charge on any atom is 0.471 e. The predicted octanol–water partition coefficient (Wildman–Crippen LogP) is 6.98. The van der Waals surface area contributed by atoms with Gasteiger partial charge in [-0.25, -0.2) is 9.25 Å². The summed E-state index contributed by atoms with van der Waals surface area (Å²) >= 11 is 0. The molecule has 16 nitrogen and oxygen atoms in total. The molecule has 5 saturated carbocycles. The van der Waals surface area contributed by atoms with Gasteiger partial charge in [-0.3, -0.25) is 28.5 Å². The van der Waals surface area contributed by atoms with Gasteiger partial charge in [0.05, 0.1) is 30.6 Å². The van der Waals surface area contributed by atoms with E-state index in [0.29, 0.717) is 41.5 Å². The van der Waals surface area contributed by atoms with Gasteiger partial charge in [-0.05, 0) is 114 Å². The van der Waals surface area contributed by atoms with E-state index in [9.17, 15) is 56.6 Å². The average Bonchev–Trinajstić information content (AvgIpc) is 3.75. The number of carbonyl (C=O) groups excluding carboxylic acids is 4. The highest BCUT2D eigenvalue weighted by molar-refractivity contribution is 7.46. The number of nitrogens with zero attached hydrogens (tertiary/aromatic N) is 2. The summed E-state index contributed by atoms with van der Waals surface area (Å²) in [5.74, 6) is -3.90. The number of carboxylic acid groups (broad SMARTS) is 1. The highest BCUT2D eigenvalue weighted by Gasteiger charge is 2.71. The first kappa shape index (κ1) is 49.8. The van der Waals surface area contributed by atoms with Crippen LogP contribution in [0.25, 0.3) is 0 Å². The first-order valence-electron chi connectivity index (χ1n) is 23.6. The fourth-order valence-corrected chi connectivity index (χ4v) is 15.3. The minimum atomic E-state index is -5.19. The third-order valence-electron chi connectivity index (χ3n) is 19.0. The number of ketones is 1. The lowest BCUT2D eigenvalue weighted by atomic mass is 9.33. The average molecular weight is 967 g/mol. The number of aromatic nitrogens is 2. The maximum atomic E-state index is 14.7. The zero-order valence-electron chi connectivity index (χ0n) is 39.8. The van der Waals surface area contributed by atoms with Crippen LogP contribution < -0.4 is 10.6 Å². The summed E-state index contributed by atoms with van der Waals surface area (Å²) < 4.78 is 69.1. The van der Waals surface area contributed by atoms with Gasteiger partial charge in [0.2, 0.25) is 0 Å². The number of carboxylic acids is 1. The number of rotatable bonds is 11. The van der Waals surface area contributed by atoms with Crippen LogP contribution in [0, 0.1) is 62.6 Å². The van der Waals surface area contributed by atoms with Crippen LogP contribution in [0.2, 0.25) is 0 Å². The molecular weight excluding hydrogens is 901 g/mol. The molecule has 0 bridgehead atoms. The molecule has 0 radical (unpaired) electrons. The summed E-state index contributed by atoms with van der Waals surface area (Å²) in [7, 11) is -5.19. The molecule has 20 heteroatoms. The highest BCUT2D eigenvalue weighted by atomic mass is 31.2. The second kappa shape index (κ2) is 15.9. The van der Waals surface area contributed by atoms with Crippen LogP contribution in [-0.4, -0.2) is 84.6 Å². The lowest BCUT2D eigenvalue weighted by molar-refractivity contribution is -0.235. The first-order valence-corrected chi connectivity index (χ1v) is 25.1. The summed E-state index contributed by atoms with van der Waals surface area (Å²) in [4.78, 5) is 86.7. The second-order valence-electron chi connectivity index (χ2n) is 23.2. The zero-order valence-corrected chi connectivity index (χ0v) is 40.7.